The van der Waals surface area contributed by atoms with E-state index in [1.54, 1.807) is 6.20 Å². The quantitative estimate of drug-likeness (QED) is 0.868. The fourth-order valence-electron chi connectivity index (χ4n) is 3.70. The topological polar surface area (TPSA) is 97.6 Å². The number of aromatic nitrogens is 1. The number of carbonyl (C=O) groups is 2. The highest BCUT2D eigenvalue weighted by Gasteiger charge is 2.34. The van der Waals surface area contributed by atoms with Gasteiger partial charge in [0.25, 0.3) is 0 Å². The van der Waals surface area contributed by atoms with Gasteiger partial charge in [0, 0.05) is 18.8 Å². The average Bonchev–Trinajstić information content (AvgIpc) is 3.09. The van der Waals surface area contributed by atoms with Crippen LogP contribution in [0.2, 0.25) is 0 Å². The Balaban J connectivity index is 1.47. The molecule has 2 aliphatic rings. The average molecular weight is 346 g/mol. The molecule has 7 heteroatoms. The lowest BCUT2D eigenvalue weighted by Gasteiger charge is -2.31. The molecule has 1 saturated carbocycles. The highest BCUT2D eigenvalue weighted by molar-refractivity contribution is 5.87. The molecule has 25 heavy (non-hydrogen) atoms. The second-order valence-corrected chi connectivity index (χ2v) is 6.88. The molecule has 1 saturated heterocycles. The fourth-order valence-corrected chi connectivity index (χ4v) is 3.70. The van der Waals surface area contributed by atoms with E-state index in [0.29, 0.717) is 13.0 Å². The number of rotatable bonds is 4. The first-order valence-electron chi connectivity index (χ1n) is 8.99. The number of urea groups is 1. The first-order valence-corrected chi connectivity index (χ1v) is 8.99. The van der Waals surface area contributed by atoms with Crippen molar-refractivity contribution < 1.29 is 14.3 Å². The molecular weight excluding hydrogens is 320 g/mol. The third-order valence-corrected chi connectivity index (χ3v) is 5.11. The maximum Gasteiger partial charge on any atom is 0.315 e. The summed E-state index contributed by atoms with van der Waals surface area (Å²) in [4.78, 5) is 29.6. The third kappa shape index (κ3) is 4.21. The minimum atomic E-state index is -0.512. The van der Waals surface area contributed by atoms with Crippen LogP contribution in [0.1, 0.15) is 44.2 Å². The summed E-state index contributed by atoms with van der Waals surface area (Å²) in [7, 11) is 0. The van der Waals surface area contributed by atoms with E-state index < -0.39 is 12.1 Å². The van der Waals surface area contributed by atoms with E-state index in [-0.39, 0.29) is 18.1 Å². The van der Waals surface area contributed by atoms with Crippen molar-refractivity contribution in [2.75, 3.05) is 6.54 Å². The lowest BCUT2D eigenvalue weighted by molar-refractivity contribution is -0.125. The summed E-state index contributed by atoms with van der Waals surface area (Å²) in [5.41, 5.74) is 6.24. The van der Waals surface area contributed by atoms with Crippen LogP contribution < -0.4 is 15.8 Å². The van der Waals surface area contributed by atoms with E-state index in [2.05, 4.69) is 10.3 Å². The lowest BCUT2D eigenvalue weighted by Crippen LogP contribution is -2.51. The van der Waals surface area contributed by atoms with Crippen molar-refractivity contribution in [1.82, 2.24) is 15.2 Å². The Morgan fingerprint density at radius 3 is 2.72 bits per heavy atom. The van der Waals surface area contributed by atoms with E-state index in [1.165, 1.54) is 4.90 Å². The Bertz CT molecular complexity index is 629. The molecule has 1 aromatic rings. The molecule has 0 radical (unpaired) electrons. The SMILES string of the molecule is Cc1ncccc1OC1CCC(NC(=O)[C@@H]2CCCN2C(N)=O)CC1. The zero-order valence-electron chi connectivity index (χ0n) is 14.6. The molecule has 1 aliphatic carbocycles. The van der Waals surface area contributed by atoms with Gasteiger partial charge in [0.1, 0.15) is 11.8 Å². The number of carbonyl (C=O) groups excluding carboxylic acids is 2. The number of nitrogens with two attached hydrogens (primary N) is 1. The van der Waals surface area contributed by atoms with Crippen LogP contribution in [0.15, 0.2) is 18.3 Å². The largest absolute Gasteiger partial charge is 0.489 e. The minimum absolute atomic E-state index is 0.0798. The Labute approximate surface area is 147 Å². The van der Waals surface area contributed by atoms with Gasteiger partial charge in [-0.1, -0.05) is 0 Å². The monoisotopic (exact) mass is 346 g/mol. The van der Waals surface area contributed by atoms with Gasteiger partial charge < -0.3 is 20.7 Å². The van der Waals surface area contributed by atoms with Gasteiger partial charge in [-0.3, -0.25) is 9.78 Å². The number of primary amides is 1. The van der Waals surface area contributed by atoms with Crippen molar-refractivity contribution in [2.24, 2.45) is 5.73 Å². The Morgan fingerprint density at radius 2 is 2.04 bits per heavy atom. The van der Waals surface area contributed by atoms with Crippen molar-refractivity contribution in [3.05, 3.63) is 24.0 Å². The standard InChI is InChI=1S/C18H26N4O3/c1-12-16(5-2-10-20-12)25-14-8-6-13(7-9-14)21-17(23)15-4-3-11-22(15)18(19)24/h2,5,10,13-15H,3-4,6-9,11H2,1H3,(H2,19,24)(H,21,23)/t13?,14?,15-/m0/s1. The molecule has 1 aliphatic heterocycles. The molecule has 1 aromatic heterocycles. The van der Waals surface area contributed by atoms with Gasteiger partial charge in [0.2, 0.25) is 5.91 Å². The minimum Gasteiger partial charge on any atom is -0.489 e. The van der Waals surface area contributed by atoms with E-state index in [1.807, 2.05) is 19.1 Å². The van der Waals surface area contributed by atoms with E-state index in [9.17, 15) is 9.59 Å². The molecule has 2 fully saturated rings. The molecule has 0 spiro atoms. The predicted octanol–water partition coefficient (Wildman–Crippen LogP) is 1.74. The summed E-state index contributed by atoms with van der Waals surface area (Å²) in [6.45, 7) is 2.51. The number of likely N-dealkylation sites (tertiary alicyclic amines) is 1. The number of ether oxygens (including phenoxy) is 1. The van der Waals surface area contributed by atoms with E-state index in [0.717, 1.165) is 43.5 Å². The number of nitrogens with zero attached hydrogens (tertiary/aromatic N) is 2. The van der Waals surface area contributed by atoms with Crippen LogP contribution in [0.25, 0.3) is 0 Å². The lowest BCUT2D eigenvalue weighted by atomic mass is 9.92. The molecule has 136 valence electrons. The second-order valence-electron chi connectivity index (χ2n) is 6.88. The molecule has 0 bridgehead atoms. The highest BCUT2D eigenvalue weighted by Crippen LogP contribution is 2.25. The first-order chi connectivity index (χ1) is 12.0. The van der Waals surface area contributed by atoms with Crippen molar-refractivity contribution in [2.45, 2.75) is 63.6 Å². The van der Waals surface area contributed by atoms with Crippen LogP contribution in [0.4, 0.5) is 4.79 Å². The highest BCUT2D eigenvalue weighted by atomic mass is 16.5. The Hall–Kier alpha value is -2.31. The van der Waals surface area contributed by atoms with Gasteiger partial charge in [-0.25, -0.2) is 4.79 Å². The zero-order chi connectivity index (χ0) is 17.8. The van der Waals surface area contributed by atoms with Crippen molar-refractivity contribution in [3.63, 3.8) is 0 Å². The number of pyridine rings is 1. The van der Waals surface area contributed by atoms with Crippen LogP contribution in [0, 0.1) is 6.92 Å². The van der Waals surface area contributed by atoms with Crippen LogP contribution in [-0.4, -0.2) is 46.6 Å². The van der Waals surface area contributed by atoms with Crippen LogP contribution >= 0.6 is 0 Å². The van der Waals surface area contributed by atoms with E-state index >= 15 is 0 Å². The molecule has 3 N–H and O–H groups in total. The number of hydrogen-bond acceptors (Lipinski definition) is 4. The van der Waals surface area contributed by atoms with E-state index in [4.69, 9.17) is 10.5 Å². The molecule has 0 unspecified atom stereocenters. The number of amides is 3. The molecule has 0 aromatic carbocycles. The van der Waals surface area contributed by atoms with Crippen molar-refractivity contribution >= 4 is 11.9 Å². The summed E-state index contributed by atoms with van der Waals surface area (Å²) in [5, 5.41) is 3.09. The van der Waals surface area contributed by atoms with Crippen molar-refractivity contribution in [1.29, 1.82) is 0 Å². The molecule has 1 atom stereocenters. The van der Waals surface area contributed by atoms with Crippen LogP contribution in [-0.2, 0) is 4.79 Å². The van der Waals surface area contributed by atoms with Gasteiger partial charge in [0.05, 0.1) is 11.8 Å². The Morgan fingerprint density at radius 1 is 1.28 bits per heavy atom. The number of hydrogen-bond donors (Lipinski definition) is 2. The summed E-state index contributed by atoms with van der Waals surface area (Å²) < 4.78 is 6.04. The fraction of sp³-hybridized carbons (Fsp3) is 0.611. The molecule has 3 rings (SSSR count). The van der Waals surface area contributed by atoms with Gasteiger partial charge in [0.15, 0.2) is 0 Å². The zero-order valence-corrected chi connectivity index (χ0v) is 14.6. The normalized spacial score (nSPS) is 26.3. The Kier molecular flexibility index (Phi) is 5.40. The maximum absolute atomic E-state index is 12.4. The smallest absolute Gasteiger partial charge is 0.315 e. The van der Waals surface area contributed by atoms with Gasteiger partial charge in [-0.2, -0.15) is 0 Å². The van der Waals surface area contributed by atoms with Crippen molar-refractivity contribution in [3.8, 4) is 5.75 Å². The molecule has 3 amide bonds. The molecule has 7 nitrogen and oxygen atoms in total. The molecule has 2 heterocycles. The summed E-state index contributed by atoms with van der Waals surface area (Å²) in [5.74, 6) is 0.752. The van der Waals surface area contributed by atoms with Gasteiger partial charge >= 0.3 is 6.03 Å². The third-order valence-electron chi connectivity index (χ3n) is 5.11. The number of nitrogens with one attached hydrogen (secondary N) is 1. The van der Waals surface area contributed by atoms with Crippen LogP contribution in [0.5, 0.6) is 5.75 Å². The summed E-state index contributed by atoms with van der Waals surface area (Å²) in [6.07, 6.45) is 6.96. The van der Waals surface area contributed by atoms with Crippen LogP contribution in [0.3, 0.4) is 0 Å². The second kappa shape index (κ2) is 7.72. The predicted molar refractivity (Wildman–Crippen MR) is 93.1 cm³/mol. The van der Waals surface area contributed by atoms with Gasteiger partial charge in [-0.15, -0.1) is 0 Å². The summed E-state index contributed by atoms with van der Waals surface area (Å²) >= 11 is 0. The number of aryl methyl sites for hydroxylation is 1. The molecular formula is C18H26N4O3. The maximum atomic E-state index is 12.4. The summed E-state index contributed by atoms with van der Waals surface area (Å²) in [6, 6.07) is 3.03. The first kappa shape index (κ1) is 17.5. The van der Waals surface area contributed by atoms with Gasteiger partial charge in [-0.05, 0) is 57.6 Å².